The Bertz CT molecular complexity index is 1010. The Hall–Kier alpha value is -2.79. The maximum absolute atomic E-state index is 13.0. The summed E-state index contributed by atoms with van der Waals surface area (Å²) in [5.74, 6) is 1.05. The highest BCUT2D eigenvalue weighted by Crippen LogP contribution is 2.30. The lowest BCUT2D eigenvalue weighted by Gasteiger charge is -2.21. The van der Waals surface area contributed by atoms with Crippen molar-refractivity contribution in [2.75, 3.05) is 27.4 Å². The van der Waals surface area contributed by atoms with Gasteiger partial charge in [-0.05, 0) is 41.7 Å². The fourth-order valence-electron chi connectivity index (χ4n) is 4.28. The zero-order valence-electron chi connectivity index (χ0n) is 17.2. The minimum absolute atomic E-state index is 0.199. The molecule has 0 saturated heterocycles. The van der Waals surface area contributed by atoms with Gasteiger partial charge < -0.3 is 18.9 Å². The van der Waals surface area contributed by atoms with Crippen LogP contribution in [0, 0.1) is 0 Å². The van der Waals surface area contributed by atoms with Gasteiger partial charge in [0.05, 0.1) is 13.7 Å². The summed E-state index contributed by atoms with van der Waals surface area (Å²) >= 11 is 0. The van der Waals surface area contributed by atoms with Gasteiger partial charge in [-0.1, -0.05) is 30.3 Å². The molecule has 0 aliphatic carbocycles. The van der Waals surface area contributed by atoms with Crippen LogP contribution in [0.15, 0.2) is 48.7 Å². The topological polar surface area (TPSA) is 43.7 Å². The van der Waals surface area contributed by atoms with Gasteiger partial charge in [-0.15, -0.1) is 0 Å². The first-order valence-corrected chi connectivity index (χ1v) is 10.2. The molecule has 3 aromatic rings. The van der Waals surface area contributed by atoms with Crippen LogP contribution in [0.2, 0.25) is 0 Å². The number of ether oxygens (including phenoxy) is 2. The summed E-state index contributed by atoms with van der Waals surface area (Å²) in [5.41, 5.74) is 4.87. The van der Waals surface area contributed by atoms with Crippen LogP contribution in [-0.2, 0) is 35.5 Å². The molecule has 0 fully saturated rings. The molecule has 29 heavy (non-hydrogen) atoms. The number of benzene rings is 2. The number of carbonyl (C=O) groups is 1. The number of aryl methyl sites for hydroxylation is 1. The first-order chi connectivity index (χ1) is 14.2. The molecule has 0 atom stereocenters. The Balaban J connectivity index is 1.50. The van der Waals surface area contributed by atoms with E-state index in [0.29, 0.717) is 26.0 Å². The quantitative estimate of drug-likeness (QED) is 0.614. The summed E-state index contributed by atoms with van der Waals surface area (Å²) in [6.45, 7) is 2.96. The van der Waals surface area contributed by atoms with Crippen molar-refractivity contribution in [1.82, 2.24) is 9.47 Å². The number of hydrogen-bond acceptors (Lipinski definition) is 3. The van der Waals surface area contributed by atoms with Gasteiger partial charge in [0.25, 0.3) is 0 Å². The molecule has 0 bridgehead atoms. The lowest BCUT2D eigenvalue weighted by molar-refractivity contribution is -0.131. The minimum Gasteiger partial charge on any atom is -0.496 e. The van der Waals surface area contributed by atoms with Gasteiger partial charge in [0.2, 0.25) is 5.91 Å². The molecule has 1 aromatic heterocycles. The van der Waals surface area contributed by atoms with Gasteiger partial charge in [-0.25, -0.2) is 0 Å². The fourth-order valence-corrected chi connectivity index (χ4v) is 4.28. The second kappa shape index (κ2) is 8.70. The molecule has 1 aliphatic heterocycles. The maximum Gasteiger partial charge on any atom is 0.223 e. The number of hydrogen-bond donors (Lipinski definition) is 0. The summed E-state index contributed by atoms with van der Waals surface area (Å²) in [4.78, 5) is 15.0. The molecule has 4 rings (SSSR count). The predicted molar refractivity (Wildman–Crippen MR) is 114 cm³/mol. The molecule has 2 aromatic carbocycles. The van der Waals surface area contributed by atoms with E-state index in [0.717, 1.165) is 30.8 Å². The van der Waals surface area contributed by atoms with Crippen molar-refractivity contribution in [3.05, 3.63) is 65.4 Å². The second-order valence-electron chi connectivity index (χ2n) is 7.53. The van der Waals surface area contributed by atoms with Crippen LogP contribution in [0.3, 0.4) is 0 Å². The highest BCUT2D eigenvalue weighted by atomic mass is 16.5. The lowest BCUT2D eigenvalue weighted by atomic mass is 10.1. The first-order valence-electron chi connectivity index (χ1n) is 10.2. The Kier molecular flexibility index (Phi) is 5.86. The third-order valence-corrected chi connectivity index (χ3v) is 5.77. The van der Waals surface area contributed by atoms with E-state index in [2.05, 4.69) is 29.0 Å². The molecule has 2 heterocycles. The van der Waals surface area contributed by atoms with E-state index in [9.17, 15) is 4.79 Å². The lowest BCUT2D eigenvalue weighted by Crippen LogP contribution is -2.31. The number of para-hydroxylation sites is 1. The predicted octanol–water partition coefficient (Wildman–Crippen LogP) is 3.81. The third kappa shape index (κ3) is 4.01. The number of amides is 1. The maximum atomic E-state index is 13.0. The van der Waals surface area contributed by atoms with Gasteiger partial charge in [0.1, 0.15) is 5.75 Å². The van der Waals surface area contributed by atoms with E-state index < -0.39 is 0 Å². The molecule has 0 spiro atoms. The van der Waals surface area contributed by atoms with Crippen LogP contribution in [-0.4, -0.2) is 42.7 Å². The summed E-state index contributed by atoms with van der Waals surface area (Å²) in [5, 5.41) is 1.31. The summed E-state index contributed by atoms with van der Waals surface area (Å²) in [6.07, 6.45) is 4.30. The summed E-state index contributed by atoms with van der Waals surface area (Å²) in [7, 11) is 3.40. The molecular formula is C24H28N2O3. The van der Waals surface area contributed by atoms with Crippen LogP contribution >= 0.6 is 0 Å². The molecule has 1 amide bonds. The largest absolute Gasteiger partial charge is 0.496 e. The van der Waals surface area contributed by atoms with Crippen molar-refractivity contribution >= 4 is 16.8 Å². The zero-order valence-corrected chi connectivity index (χ0v) is 17.2. The van der Waals surface area contributed by atoms with Crippen LogP contribution < -0.4 is 4.74 Å². The molecule has 152 valence electrons. The Morgan fingerprint density at radius 3 is 2.76 bits per heavy atom. The van der Waals surface area contributed by atoms with Crippen molar-refractivity contribution in [3.63, 3.8) is 0 Å². The van der Waals surface area contributed by atoms with E-state index in [1.54, 1.807) is 14.2 Å². The SMILES string of the molecule is COCCn1cc2c3c(cccc31)CN(C(=O)CCc1ccccc1OC)CC2. The van der Waals surface area contributed by atoms with Gasteiger partial charge in [-0.3, -0.25) is 4.79 Å². The third-order valence-electron chi connectivity index (χ3n) is 5.77. The number of aromatic nitrogens is 1. The molecule has 0 saturated carbocycles. The first kappa shape index (κ1) is 19.5. The Morgan fingerprint density at radius 1 is 1.07 bits per heavy atom. The molecule has 5 nitrogen and oxygen atoms in total. The number of methoxy groups -OCH3 is 2. The molecule has 0 unspecified atom stereocenters. The minimum atomic E-state index is 0.199. The van der Waals surface area contributed by atoms with Crippen molar-refractivity contribution in [2.24, 2.45) is 0 Å². The van der Waals surface area contributed by atoms with Crippen LogP contribution in [0.1, 0.15) is 23.1 Å². The van der Waals surface area contributed by atoms with Crippen molar-refractivity contribution in [1.29, 1.82) is 0 Å². The normalized spacial score (nSPS) is 13.5. The van der Waals surface area contributed by atoms with Crippen LogP contribution in [0.25, 0.3) is 10.9 Å². The van der Waals surface area contributed by atoms with Crippen LogP contribution in [0.5, 0.6) is 5.75 Å². The fraction of sp³-hybridized carbons (Fsp3) is 0.375. The zero-order chi connectivity index (χ0) is 20.2. The molecule has 0 radical (unpaired) electrons. The van der Waals surface area contributed by atoms with E-state index in [1.807, 2.05) is 29.2 Å². The smallest absolute Gasteiger partial charge is 0.223 e. The number of nitrogens with zero attached hydrogens (tertiary/aromatic N) is 2. The summed E-state index contributed by atoms with van der Waals surface area (Å²) in [6, 6.07) is 14.3. The highest BCUT2D eigenvalue weighted by molar-refractivity contribution is 5.88. The molecule has 0 N–H and O–H groups in total. The van der Waals surface area contributed by atoms with Crippen molar-refractivity contribution in [3.8, 4) is 5.75 Å². The number of rotatable bonds is 7. The van der Waals surface area contributed by atoms with Crippen LogP contribution in [0.4, 0.5) is 0 Å². The Morgan fingerprint density at radius 2 is 1.93 bits per heavy atom. The molecule has 1 aliphatic rings. The van der Waals surface area contributed by atoms with Gasteiger partial charge in [0, 0.05) is 50.3 Å². The second-order valence-corrected chi connectivity index (χ2v) is 7.53. The molecular weight excluding hydrogens is 364 g/mol. The van der Waals surface area contributed by atoms with Gasteiger partial charge in [-0.2, -0.15) is 0 Å². The summed E-state index contributed by atoms with van der Waals surface area (Å²) < 4.78 is 12.9. The van der Waals surface area contributed by atoms with Gasteiger partial charge >= 0.3 is 0 Å². The van der Waals surface area contributed by atoms with E-state index >= 15 is 0 Å². The number of carbonyl (C=O) groups excluding carboxylic acids is 1. The Labute approximate surface area is 171 Å². The average Bonchev–Trinajstić information content (AvgIpc) is 3.00. The van der Waals surface area contributed by atoms with Gasteiger partial charge in [0.15, 0.2) is 0 Å². The van der Waals surface area contributed by atoms with E-state index in [4.69, 9.17) is 9.47 Å². The molecule has 5 heteroatoms. The van der Waals surface area contributed by atoms with Crippen molar-refractivity contribution in [2.45, 2.75) is 32.4 Å². The van der Waals surface area contributed by atoms with E-state index in [1.165, 1.54) is 22.0 Å². The van der Waals surface area contributed by atoms with Crippen molar-refractivity contribution < 1.29 is 14.3 Å². The average molecular weight is 392 g/mol. The van der Waals surface area contributed by atoms with E-state index in [-0.39, 0.29) is 5.91 Å². The standard InChI is InChI=1S/C24H28N2O3/c1-28-15-14-25-16-20-12-13-26(17-19-7-5-8-21(25)24(19)20)23(27)11-10-18-6-3-4-9-22(18)29-2/h3-9,16H,10-15,17H2,1-2H3. The highest BCUT2D eigenvalue weighted by Gasteiger charge is 2.22. The monoisotopic (exact) mass is 392 g/mol.